The molecule has 0 aliphatic heterocycles. The van der Waals surface area contributed by atoms with Crippen LogP contribution in [0, 0.1) is 13.8 Å². The molecule has 1 atom stereocenters. The van der Waals surface area contributed by atoms with Crippen molar-refractivity contribution in [2.24, 2.45) is 0 Å². The summed E-state index contributed by atoms with van der Waals surface area (Å²) in [6.07, 6.45) is 0. The number of fused-ring (bicyclic) bond motifs is 1. The number of hydrogen-bond acceptors (Lipinski definition) is 1. The summed E-state index contributed by atoms with van der Waals surface area (Å²) in [6, 6.07) is 14.2. The largest absolute Gasteiger partial charge is 0.358 e. The number of H-pyrrole nitrogens is 1. The molecule has 0 spiro atoms. The van der Waals surface area contributed by atoms with E-state index in [4.69, 9.17) is 0 Å². The fourth-order valence-corrected chi connectivity index (χ4v) is 3.15. The first-order valence-corrected chi connectivity index (χ1v) is 8.86. The maximum Gasteiger partial charge on any atom is 0.251 e. The van der Waals surface area contributed by atoms with Gasteiger partial charge in [-0.15, -0.1) is 0 Å². The third kappa shape index (κ3) is 3.46. The van der Waals surface area contributed by atoms with Crippen LogP contribution in [0.4, 0.5) is 0 Å². The van der Waals surface area contributed by atoms with Crippen molar-refractivity contribution in [1.82, 2.24) is 10.3 Å². The highest BCUT2D eigenvalue weighted by atomic mass is 16.1. The Hall–Kier alpha value is -2.55. The van der Waals surface area contributed by atoms with Gasteiger partial charge in [-0.3, -0.25) is 4.79 Å². The summed E-state index contributed by atoms with van der Waals surface area (Å²) in [7, 11) is 0. The average Bonchev–Trinajstić information content (AvgIpc) is 2.88. The number of aromatic nitrogens is 1. The van der Waals surface area contributed by atoms with Crippen molar-refractivity contribution >= 4 is 16.8 Å². The van der Waals surface area contributed by atoms with E-state index in [0.717, 1.165) is 22.2 Å². The molecule has 3 rings (SSSR count). The third-order valence-electron chi connectivity index (χ3n) is 5.00. The van der Waals surface area contributed by atoms with Crippen molar-refractivity contribution in [1.29, 1.82) is 0 Å². The molecule has 130 valence electrons. The van der Waals surface area contributed by atoms with Crippen LogP contribution in [0.15, 0.2) is 42.5 Å². The second kappa shape index (κ2) is 6.75. The van der Waals surface area contributed by atoms with Gasteiger partial charge in [0.2, 0.25) is 0 Å². The highest BCUT2D eigenvalue weighted by Crippen LogP contribution is 2.23. The second-order valence-corrected chi connectivity index (χ2v) is 7.16. The Morgan fingerprint density at radius 1 is 1.00 bits per heavy atom. The average molecular weight is 334 g/mol. The maximum atomic E-state index is 12.7. The predicted octanol–water partition coefficient (Wildman–Crippen LogP) is 5.40. The summed E-state index contributed by atoms with van der Waals surface area (Å²) >= 11 is 0. The molecule has 0 aliphatic carbocycles. The van der Waals surface area contributed by atoms with Crippen molar-refractivity contribution in [2.75, 3.05) is 0 Å². The lowest BCUT2D eigenvalue weighted by Crippen LogP contribution is -2.26. The minimum atomic E-state index is -0.0393. The smallest absolute Gasteiger partial charge is 0.251 e. The first kappa shape index (κ1) is 17.3. The van der Waals surface area contributed by atoms with Crippen LogP contribution in [-0.2, 0) is 0 Å². The van der Waals surface area contributed by atoms with Gasteiger partial charge >= 0.3 is 0 Å². The van der Waals surface area contributed by atoms with E-state index in [-0.39, 0.29) is 11.9 Å². The van der Waals surface area contributed by atoms with Gasteiger partial charge < -0.3 is 10.3 Å². The van der Waals surface area contributed by atoms with Gasteiger partial charge in [0.25, 0.3) is 5.91 Å². The lowest BCUT2D eigenvalue weighted by Gasteiger charge is -2.16. The molecule has 3 heteroatoms. The predicted molar refractivity (Wildman–Crippen MR) is 104 cm³/mol. The topological polar surface area (TPSA) is 44.9 Å². The van der Waals surface area contributed by atoms with E-state index in [2.05, 4.69) is 62.3 Å². The van der Waals surface area contributed by atoms with Crippen LogP contribution in [0.3, 0.4) is 0 Å². The Kier molecular flexibility index (Phi) is 4.67. The second-order valence-electron chi connectivity index (χ2n) is 7.16. The number of nitrogens with one attached hydrogen (secondary N) is 2. The molecule has 0 radical (unpaired) electrons. The van der Waals surface area contributed by atoms with Gasteiger partial charge in [0, 0.05) is 22.2 Å². The highest BCUT2D eigenvalue weighted by molar-refractivity contribution is 5.99. The van der Waals surface area contributed by atoms with E-state index in [1.54, 1.807) is 0 Å². The van der Waals surface area contributed by atoms with Gasteiger partial charge in [-0.2, -0.15) is 0 Å². The number of hydrogen-bond donors (Lipinski definition) is 2. The van der Waals surface area contributed by atoms with E-state index in [1.165, 1.54) is 11.1 Å². The minimum absolute atomic E-state index is 0.0315. The van der Waals surface area contributed by atoms with E-state index in [9.17, 15) is 4.79 Å². The third-order valence-corrected chi connectivity index (χ3v) is 5.00. The van der Waals surface area contributed by atoms with Crippen molar-refractivity contribution in [3.63, 3.8) is 0 Å². The zero-order valence-corrected chi connectivity index (χ0v) is 15.6. The van der Waals surface area contributed by atoms with Crippen LogP contribution in [0.5, 0.6) is 0 Å². The zero-order chi connectivity index (χ0) is 18.1. The molecule has 3 nitrogen and oxygen atoms in total. The number of rotatable bonds is 4. The van der Waals surface area contributed by atoms with Crippen LogP contribution < -0.4 is 5.32 Å². The number of benzene rings is 2. The van der Waals surface area contributed by atoms with Crippen LogP contribution in [0.25, 0.3) is 10.9 Å². The Bertz CT molecular complexity index is 921. The summed E-state index contributed by atoms with van der Waals surface area (Å²) in [5.41, 5.74) is 6.53. The van der Waals surface area contributed by atoms with Crippen molar-refractivity contribution < 1.29 is 4.79 Å². The molecule has 2 N–H and O–H groups in total. The molecule has 0 saturated heterocycles. The molecule has 0 saturated carbocycles. The van der Waals surface area contributed by atoms with Crippen molar-refractivity contribution in [3.8, 4) is 0 Å². The van der Waals surface area contributed by atoms with Gasteiger partial charge in [-0.25, -0.2) is 0 Å². The van der Waals surface area contributed by atoms with Crippen molar-refractivity contribution in [2.45, 2.75) is 46.6 Å². The van der Waals surface area contributed by atoms with Gasteiger partial charge in [-0.05, 0) is 61.6 Å². The van der Waals surface area contributed by atoms with E-state index >= 15 is 0 Å². The molecule has 0 fully saturated rings. The molecule has 1 amide bonds. The van der Waals surface area contributed by atoms with Gasteiger partial charge in [0.1, 0.15) is 0 Å². The fraction of sp³-hybridized carbons (Fsp3) is 0.318. The summed E-state index contributed by atoms with van der Waals surface area (Å²) < 4.78 is 0. The van der Waals surface area contributed by atoms with Gasteiger partial charge in [0.05, 0.1) is 6.04 Å². The number of carbonyl (C=O) groups excluding carboxylic acids is 1. The van der Waals surface area contributed by atoms with E-state index < -0.39 is 0 Å². The Morgan fingerprint density at radius 3 is 2.44 bits per heavy atom. The molecule has 3 aromatic rings. The monoisotopic (exact) mass is 334 g/mol. The van der Waals surface area contributed by atoms with Gasteiger partial charge in [0.15, 0.2) is 0 Å². The Morgan fingerprint density at radius 2 is 1.72 bits per heavy atom. The number of aromatic amines is 1. The standard InChI is InChI=1S/C22H26N2O/c1-13(2)17-7-6-8-18(11-17)16(5)24-22(25)19-9-10-21-20(12-19)14(3)15(4)23-21/h6-13,16,23H,1-5H3,(H,24,25). The van der Waals surface area contributed by atoms with Gasteiger partial charge in [-0.1, -0.05) is 38.1 Å². The quantitative estimate of drug-likeness (QED) is 0.659. The molecule has 25 heavy (non-hydrogen) atoms. The van der Waals surface area contributed by atoms with Crippen LogP contribution in [0.1, 0.15) is 65.5 Å². The first-order valence-electron chi connectivity index (χ1n) is 8.86. The molecule has 1 heterocycles. The first-order chi connectivity index (χ1) is 11.9. The fourth-order valence-electron chi connectivity index (χ4n) is 3.15. The summed E-state index contributed by atoms with van der Waals surface area (Å²) in [5.74, 6) is 0.438. The summed E-state index contributed by atoms with van der Waals surface area (Å²) in [5, 5.41) is 4.23. The molecule has 1 unspecified atom stereocenters. The molecule has 0 bridgehead atoms. The van der Waals surface area contributed by atoms with Crippen LogP contribution in [-0.4, -0.2) is 10.9 Å². The normalized spacial score (nSPS) is 12.6. The Labute approximate surface area is 149 Å². The zero-order valence-electron chi connectivity index (χ0n) is 15.6. The summed E-state index contributed by atoms with van der Waals surface area (Å²) in [4.78, 5) is 16.0. The van der Waals surface area contributed by atoms with Crippen molar-refractivity contribution in [3.05, 3.63) is 70.4 Å². The van der Waals surface area contributed by atoms with Crippen LogP contribution in [0.2, 0.25) is 0 Å². The lowest BCUT2D eigenvalue weighted by molar-refractivity contribution is 0.0940. The molecule has 0 aliphatic rings. The Balaban J connectivity index is 1.82. The van der Waals surface area contributed by atoms with E-state index in [0.29, 0.717) is 11.5 Å². The molecule has 1 aromatic heterocycles. The summed E-state index contributed by atoms with van der Waals surface area (Å²) in [6.45, 7) is 10.5. The minimum Gasteiger partial charge on any atom is -0.358 e. The number of aryl methyl sites for hydroxylation is 2. The lowest BCUT2D eigenvalue weighted by atomic mass is 9.98. The molecular weight excluding hydrogens is 308 g/mol. The maximum absolute atomic E-state index is 12.7. The number of amides is 1. The van der Waals surface area contributed by atoms with E-state index in [1.807, 2.05) is 25.1 Å². The van der Waals surface area contributed by atoms with Crippen LogP contribution >= 0.6 is 0 Å². The molecule has 2 aromatic carbocycles. The highest BCUT2D eigenvalue weighted by Gasteiger charge is 2.14. The number of carbonyl (C=O) groups is 1. The molecular formula is C22H26N2O. The SMILES string of the molecule is Cc1[nH]c2ccc(C(=O)NC(C)c3cccc(C(C)C)c3)cc2c1C.